The fourth-order valence-corrected chi connectivity index (χ4v) is 3.44. The number of nitrogens with zero attached hydrogens (tertiary/aromatic N) is 2. The van der Waals surface area contributed by atoms with Gasteiger partial charge in [0.2, 0.25) is 0 Å². The van der Waals surface area contributed by atoms with E-state index in [4.69, 9.17) is 4.74 Å². The predicted octanol–water partition coefficient (Wildman–Crippen LogP) is 4.40. The van der Waals surface area contributed by atoms with Crippen molar-refractivity contribution in [2.75, 3.05) is 11.9 Å². The van der Waals surface area contributed by atoms with Gasteiger partial charge in [-0.2, -0.15) is 0 Å². The van der Waals surface area contributed by atoms with Crippen LogP contribution in [0.4, 0.5) is 5.69 Å². The number of fused-ring (bicyclic) bond motifs is 1. The molecule has 0 fully saturated rings. The van der Waals surface area contributed by atoms with Crippen LogP contribution in [-0.4, -0.2) is 22.1 Å². The Bertz CT molecular complexity index is 1280. The molecule has 0 unspecified atom stereocenters. The highest BCUT2D eigenvalue weighted by molar-refractivity contribution is 6.06. The average molecular weight is 413 g/mol. The number of anilines is 1. The molecule has 2 aromatic carbocycles. The van der Waals surface area contributed by atoms with Crippen LogP contribution in [0.15, 0.2) is 77.7 Å². The van der Waals surface area contributed by atoms with Crippen molar-refractivity contribution in [3.63, 3.8) is 0 Å². The van der Waals surface area contributed by atoms with Crippen molar-refractivity contribution in [3.05, 3.63) is 100 Å². The molecule has 2 heterocycles. The Morgan fingerprint density at radius 3 is 2.52 bits per heavy atom. The van der Waals surface area contributed by atoms with E-state index < -0.39 is 0 Å². The molecule has 0 spiro atoms. The molecule has 0 aliphatic heterocycles. The van der Waals surface area contributed by atoms with E-state index in [1.807, 2.05) is 37.3 Å². The molecule has 156 valence electrons. The summed E-state index contributed by atoms with van der Waals surface area (Å²) in [4.78, 5) is 30.4. The average Bonchev–Trinajstić information content (AvgIpc) is 2.78. The van der Waals surface area contributed by atoms with Crippen LogP contribution >= 0.6 is 0 Å². The number of carbonyl (C=O) groups is 1. The Balaban J connectivity index is 1.64. The molecular weight excluding hydrogens is 390 g/mol. The van der Waals surface area contributed by atoms with Crippen LogP contribution < -0.4 is 15.6 Å². The normalized spacial score (nSPS) is 10.8. The Hall–Kier alpha value is -3.93. The second-order valence-corrected chi connectivity index (χ2v) is 7.20. The molecule has 4 aromatic rings. The van der Waals surface area contributed by atoms with Crippen molar-refractivity contribution >= 4 is 22.5 Å². The molecule has 0 bridgehead atoms. The number of ether oxygens (including phenoxy) is 1. The van der Waals surface area contributed by atoms with Crippen LogP contribution in [0, 0.1) is 6.92 Å². The molecule has 31 heavy (non-hydrogen) atoms. The molecule has 0 atom stereocenters. The summed E-state index contributed by atoms with van der Waals surface area (Å²) in [5.41, 5.74) is 3.00. The van der Waals surface area contributed by atoms with E-state index in [2.05, 4.69) is 10.3 Å². The molecule has 0 saturated carbocycles. The molecule has 4 rings (SSSR count). The zero-order chi connectivity index (χ0) is 21.8. The lowest BCUT2D eigenvalue weighted by Crippen LogP contribution is -2.22. The molecule has 0 radical (unpaired) electrons. The van der Waals surface area contributed by atoms with Gasteiger partial charge < -0.3 is 14.6 Å². The van der Waals surface area contributed by atoms with Gasteiger partial charge >= 0.3 is 0 Å². The first-order chi connectivity index (χ1) is 15.0. The Kier molecular flexibility index (Phi) is 5.80. The summed E-state index contributed by atoms with van der Waals surface area (Å²) < 4.78 is 7.05. The van der Waals surface area contributed by atoms with Crippen LogP contribution in [0.1, 0.15) is 28.5 Å². The summed E-state index contributed by atoms with van der Waals surface area (Å²) in [5.74, 6) is 0.428. The molecule has 6 nitrogen and oxygen atoms in total. The van der Waals surface area contributed by atoms with Crippen LogP contribution in [-0.2, 0) is 6.54 Å². The summed E-state index contributed by atoms with van der Waals surface area (Å²) in [6.45, 7) is 4.72. The highest BCUT2D eigenvalue weighted by Crippen LogP contribution is 2.19. The minimum Gasteiger partial charge on any atom is -0.494 e. The topological polar surface area (TPSA) is 73.2 Å². The maximum absolute atomic E-state index is 13.1. The largest absolute Gasteiger partial charge is 0.494 e. The first kappa shape index (κ1) is 20.3. The maximum atomic E-state index is 13.1. The van der Waals surface area contributed by atoms with E-state index >= 15 is 0 Å². The Labute approximate surface area is 180 Å². The smallest absolute Gasteiger partial charge is 0.260 e. The highest BCUT2D eigenvalue weighted by Gasteiger charge is 2.14. The van der Waals surface area contributed by atoms with E-state index in [9.17, 15) is 9.59 Å². The van der Waals surface area contributed by atoms with Crippen molar-refractivity contribution in [2.24, 2.45) is 0 Å². The third kappa shape index (κ3) is 4.48. The van der Waals surface area contributed by atoms with Crippen molar-refractivity contribution in [3.8, 4) is 5.75 Å². The minimum atomic E-state index is -0.311. The number of benzene rings is 2. The van der Waals surface area contributed by atoms with E-state index in [0.717, 1.165) is 11.3 Å². The van der Waals surface area contributed by atoms with Crippen LogP contribution in [0.5, 0.6) is 5.75 Å². The quantitative estimate of drug-likeness (QED) is 0.508. The number of rotatable bonds is 6. The predicted molar refractivity (Wildman–Crippen MR) is 122 cm³/mol. The van der Waals surface area contributed by atoms with Crippen molar-refractivity contribution in [2.45, 2.75) is 20.4 Å². The summed E-state index contributed by atoms with van der Waals surface area (Å²) >= 11 is 0. The summed E-state index contributed by atoms with van der Waals surface area (Å²) in [7, 11) is 0. The van der Waals surface area contributed by atoms with Crippen LogP contribution in [0.25, 0.3) is 10.9 Å². The molecule has 0 aliphatic carbocycles. The fourth-order valence-electron chi connectivity index (χ4n) is 3.44. The molecule has 1 amide bonds. The number of aromatic nitrogens is 2. The van der Waals surface area contributed by atoms with Gasteiger partial charge in [-0.05, 0) is 55.8 Å². The molecule has 2 aromatic heterocycles. The number of pyridine rings is 2. The summed E-state index contributed by atoms with van der Waals surface area (Å²) in [6.07, 6.45) is 1.74. The fraction of sp³-hybridized carbons (Fsp3) is 0.160. The lowest BCUT2D eigenvalue weighted by Gasteiger charge is -2.11. The van der Waals surface area contributed by atoms with Gasteiger partial charge in [0.15, 0.2) is 0 Å². The van der Waals surface area contributed by atoms with Gasteiger partial charge in [0.1, 0.15) is 5.75 Å². The molecule has 0 saturated heterocycles. The van der Waals surface area contributed by atoms with Gasteiger partial charge in [0.25, 0.3) is 11.5 Å². The second kappa shape index (κ2) is 8.83. The van der Waals surface area contributed by atoms with Gasteiger partial charge in [-0.3, -0.25) is 14.6 Å². The molecule has 1 N–H and O–H groups in total. The minimum absolute atomic E-state index is 0.177. The van der Waals surface area contributed by atoms with E-state index in [0.29, 0.717) is 41.0 Å². The van der Waals surface area contributed by atoms with Gasteiger partial charge in [0, 0.05) is 11.9 Å². The van der Waals surface area contributed by atoms with Crippen molar-refractivity contribution in [1.29, 1.82) is 0 Å². The van der Waals surface area contributed by atoms with E-state index in [1.165, 1.54) is 0 Å². The molecule has 0 aliphatic rings. The number of hydrogen-bond donors (Lipinski definition) is 1. The van der Waals surface area contributed by atoms with Gasteiger partial charge in [0.05, 0.1) is 35.3 Å². The maximum Gasteiger partial charge on any atom is 0.260 e. The first-order valence-electron chi connectivity index (χ1n) is 10.1. The first-order valence-corrected chi connectivity index (χ1v) is 10.1. The Morgan fingerprint density at radius 2 is 1.81 bits per heavy atom. The Morgan fingerprint density at radius 1 is 1.06 bits per heavy atom. The monoisotopic (exact) mass is 413 g/mol. The lowest BCUT2D eigenvalue weighted by atomic mass is 10.1. The number of hydrogen-bond acceptors (Lipinski definition) is 4. The van der Waals surface area contributed by atoms with Crippen molar-refractivity contribution in [1.82, 2.24) is 9.55 Å². The standard InChI is InChI=1S/C25H23N3O3/c1-3-31-20-11-9-19(10-12-20)27-24(29)21-15-22-23(26-17(21)2)13-14-28(25(22)30)16-18-7-5-4-6-8-18/h4-15H,3,16H2,1-2H3,(H,27,29). The van der Waals surface area contributed by atoms with E-state index in [-0.39, 0.29) is 11.5 Å². The number of carbonyl (C=O) groups excluding carboxylic acids is 1. The van der Waals surface area contributed by atoms with Crippen LogP contribution in [0.2, 0.25) is 0 Å². The van der Waals surface area contributed by atoms with Crippen molar-refractivity contribution < 1.29 is 9.53 Å². The number of aryl methyl sites for hydroxylation is 1. The summed E-state index contributed by atoms with van der Waals surface area (Å²) in [5, 5.41) is 3.28. The zero-order valence-electron chi connectivity index (χ0n) is 17.5. The van der Waals surface area contributed by atoms with Gasteiger partial charge in [-0.1, -0.05) is 30.3 Å². The summed E-state index contributed by atoms with van der Waals surface area (Å²) in [6, 6.07) is 20.4. The number of amides is 1. The molecular formula is C25H23N3O3. The molecule has 6 heteroatoms. The van der Waals surface area contributed by atoms with Gasteiger partial charge in [-0.25, -0.2) is 0 Å². The number of nitrogens with one attached hydrogen (secondary N) is 1. The van der Waals surface area contributed by atoms with E-state index in [1.54, 1.807) is 54.1 Å². The zero-order valence-corrected chi connectivity index (χ0v) is 17.5. The third-order valence-corrected chi connectivity index (χ3v) is 5.01. The third-order valence-electron chi connectivity index (χ3n) is 5.01. The SMILES string of the molecule is CCOc1ccc(NC(=O)c2cc3c(=O)n(Cc4ccccc4)ccc3nc2C)cc1. The highest BCUT2D eigenvalue weighted by atomic mass is 16.5. The van der Waals surface area contributed by atoms with Gasteiger partial charge in [-0.15, -0.1) is 0 Å². The second-order valence-electron chi connectivity index (χ2n) is 7.20. The lowest BCUT2D eigenvalue weighted by molar-refractivity contribution is 0.102. The van der Waals surface area contributed by atoms with Crippen LogP contribution in [0.3, 0.4) is 0 Å².